The molecule has 38 heavy (non-hydrogen) atoms. The monoisotopic (exact) mass is 573 g/mol. The van der Waals surface area contributed by atoms with Crippen LogP contribution in [0.25, 0.3) is 6.08 Å². The molecular weight excluding hydrogens is 554 g/mol. The molecule has 0 bridgehead atoms. The van der Waals surface area contributed by atoms with Crippen molar-refractivity contribution in [2.75, 3.05) is 12.0 Å². The zero-order chi connectivity index (χ0) is 26.7. The van der Waals surface area contributed by atoms with E-state index in [4.69, 9.17) is 4.74 Å². The van der Waals surface area contributed by atoms with Crippen molar-refractivity contribution in [3.8, 4) is 5.75 Å². The number of amides is 2. The van der Waals surface area contributed by atoms with Crippen LogP contribution in [-0.2, 0) is 9.59 Å². The Balaban J connectivity index is 1.48. The first kappa shape index (κ1) is 24.1. The van der Waals surface area contributed by atoms with Crippen LogP contribution >= 0.6 is 15.9 Å². The predicted octanol–water partition coefficient (Wildman–Crippen LogP) is 4.76. The van der Waals surface area contributed by atoms with Gasteiger partial charge in [0.15, 0.2) is 5.78 Å². The van der Waals surface area contributed by atoms with E-state index in [1.165, 1.54) is 31.4 Å². The molecule has 0 aliphatic carbocycles. The number of hydrogen-bond acceptors (Lipinski definition) is 7. The van der Waals surface area contributed by atoms with Crippen molar-refractivity contribution in [1.82, 2.24) is 4.90 Å². The Hall–Kier alpha value is -4.31. The normalized spacial score (nSPS) is 23.2. The van der Waals surface area contributed by atoms with Crippen LogP contribution in [0.2, 0.25) is 0 Å². The number of nitrogens with zero attached hydrogens (tertiary/aromatic N) is 3. The molecule has 9 nitrogen and oxygen atoms in total. The third-order valence-corrected chi connectivity index (χ3v) is 8.08. The van der Waals surface area contributed by atoms with Crippen LogP contribution in [0.5, 0.6) is 5.75 Å². The highest BCUT2D eigenvalue weighted by molar-refractivity contribution is 9.10. The number of ether oxygens (including phenoxy) is 1. The molecule has 0 unspecified atom stereocenters. The summed E-state index contributed by atoms with van der Waals surface area (Å²) in [4.78, 5) is 55.5. The second kappa shape index (κ2) is 8.91. The average Bonchev–Trinajstić information content (AvgIpc) is 3.40. The van der Waals surface area contributed by atoms with Crippen molar-refractivity contribution in [2.24, 2.45) is 11.8 Å². The number of non-ortho nitro benzene ring substituents is 1. The maximum absolute atomic E-state index is 14.0. The highest BCUT2D eigenvalue weighted by Crippen LogP contribution is 2.54. The Bertz CT molecular complexity index is 1570. The number of benzene rings is 3. The average molecular weight is 574 g/mol. The number of methoxy groups -OCH3 is 1. The smallest absolute Gasteiger partial charge is 0.271 e. The Morgan fingerprint density at radius 2 is 1.76 bits per heavy atom. The zero-order valence-electron chi connectivity index (χ0n) is 20.0. The van der Waals surface area contributed by atoms with Crippen LogP contribution in [0.4, 0.5) is 11.4 Å². The number of fused-ring (bicyclic) bond motifs is 5. The third kappa shape index (κ3) is 3.47. The minimum atomic E-state index is -0.976. The summed E-state index contributed by atoms with van der Waals surface area (Å²) in [5.41, 5.74) is 2.00. The van der Waals surface area contributed by atoms with Crippen molar-refractivity contribution >= 4 is 51.0 Å². The summed E-state index contributed by atoms with van der Waals surface area (Å²) in [5, 5.41) is 11.4. The summed E-state index contributed by atoms with van der Waals surface area (Å²) in [6, 6.07) is 16.5. The first-order valence-corrected chi connectivity index (χ1v) is 12.7. The number of imide groups is 1. The number of ketones is 1. The third-order valence-electron chi connectivity index (χ3n) is 7.47. The molecule has 2 amide bonds. The standard InChI is InChI=1S/C28H20BrN3O6/c1-38-21-10-9-16(13-20(21)29)26(33)25-23-22(24-19-8-3-2-5-15(19)11-12-30(24)25)27(34)31(28(23)35)17-6-4-7-18(14-17)32(36)37/h2-14,22-25H,1H3/t22-,23-,24+,25-/m0/s1. The van der Waals surface area contributed by atoms with E-state index >= 15 is 0 Å². The van der Waals surface area contributed by atoms with Gasteiger partial charge in [-0.25, -0.2) is 4.90 Å². The Labute approximate surface area is 225 Å². The van der Waals surface area contributed by atoms with Gasteiger partial charge in [0.05, 0.1) is 40.1 Å². The first-order chi connectivity index (χ1) is 18.3. The lowest BCUT2D eigenvalue weighted by atomic mass is 9.83. The van der Waals surface area contributed by atoms with Crippen molar-refractivity contribution in [3.05, 3.63) is 104 Å². The molecule has 3 heterocycles. The quantitative estimate of drug-likeness (QED) is 0.187. The van der Waals surface area contributed by atoms with Gasteiger partial charge in [-0.2, -0.15) is 0 Å². The van der Waals surface area contributed by atoms with E-state index in [9.17, 15) is 24.5 Å². The van der Waals surface area contributed by atoms with Gasteiger partial charge in [0.25, 0.3) is 5.69 Å². The molecule has 0 N–H and O–H groups in total. The number of hydrogen-bond donors (Lipinski definition) is 0. The molecule has 0 aromatic heterocycles. The van der Waals surface area contributed by atoms with E-state index in [-0.39, 0.29) is 17.2 Å². The number of nitro benzene ring substituents is 1. The fraction of sp³-hybridized carbons (Fsp3) is 0.179. The lowest BCUT2D eigenvalue weighted by molar-refractivity contribution is -0.384. The van der Waals surface area contributed by atoms with Crippen molar-refractivity contribution in [1.29, 1.82) is 0 Å². The second-order valence-electron chi connectivity index (χ2n) is 9.34. The predicted molar refractivity (Wildman–Crippen MR) is 141 cm³/mol. The number of Topliss-reactive ketones (excluding diaryl/α,β-unsaturated/α-hetero) is 1. The van der Waals surface area contributed by atoms with Crippen molar-refractivity contribution < 1.29 is 24.0 Å². The molecule has 4 atom stereocenters. The fourth-order valence-corrected chi connectivity index (χ4v) is 6.39. The summed E-state index contributed by atoms with van der Waals surface area (Å²) >= 11 is 3.42. The molecule has 0 spiro atoms. The Morgan fingerprint density at radius 3 is 2.50 bits per heavy atom. The van der Waals surface area contributed by atoms with E-state index in [0.717, 1.165) is 16.0 Å². The SMILES string of the molecule is COc1ccc(C(=O)[C@@H]2[C@H]3C(=O)N(c4cccc([N+](=O)[O-])c4)C(=O)[C@@H]3[C@H]3c4ccccc4C=CN23)cc1Br. The lowest BCUT2D eigenvalue weighted by Gasteiger charge is -2.35. The number of nitro groups is 1. The minimum absolute atomic E-state index is 0.119. The van der Waals surface area contributed by atoms with E-state index < -0.39 is 40.7 Å². The van der Waals surface area contributed by atoms with Gasteiger partial charge in [0, 0.05) is 23.9 Å². The van der Waals surface area contributed by atoms with Crippen LogP contribution in [0.3, 0.4) is 0 Å². The van der Waals surface area contributed by atoms with Crippen LogP contribution < -0.4 is 9.64 Å². The second-order valence-corrected chi connectivity index (χ2v) is 10.2. The van der Waals surface area contributed by atoms with E-state index in [1.54, 1.807) is 24.4 Å². The van der Waals surface area contributed by atoms with Crippen LogP contribution in [0.1, 0.15) is 27.5 Å². The minimum Gasteiger partial charge on any atom is -0.496 e. The number of halogens is 1. The molecule has 3 aliphatic rings. The first-order valence-electron chi connectivity index (χ1n) is 11.9. The summed E-state index contributed by atoms with van der Waals surface area (Å²) in [6.45, 7) is 0. The van der Waals surface area contributed by atoms with Crippen LogP contribution in [-0.4, -0.2) is 40.6 Å². The Morgan fingerprint density at radius 1 is 1.00 bits per heavy atom. The topological polar surface area (TPSA) is 110 Å². The highest BCUT2D eigenvalue weighted by atomic mass is 79.9. The van der Waals surface area contributed by atoms with Crippen LogP contribution in [0.15, 0.2) is 77.4 Å². The van der Waals surface area contributed by atoms with E-state index in [1.807, 2.05) is 35.2 Å². The van der Waals surface area contributed by atoms with Gasteiger partial charge in [0.1, 0.15) is 11.8 Å². The molecule has 3 aromatic rings. The fourth-order valence-electron chi connectivity index (χ4n) is 5.85. The van der Waals surface area contributed by atoms with Gasteiger partial charge in [-0.05, 0) is 57.4 Å². The highest BCUT2D eigenvalue weighted by Gasteiger charge is 2.64. The van der Waals surface area contributed by atoms with Gasteiger partial charge in [-0.3, -0.25) is 24.5 Å². The molecule has 2 fully saturated rings. The maximum Gasteiger partial charge on any atom is 0.271 e. The molecule has 0 saturated carbocycles. The summed E-state index contributed by atoms with van der Waals surface area (Å²) in [7, 11) is 1.52. The number of carbonyl (C=O) groups excluding carboxylic acids is 3. The number of rotatable bonds is 5. The number of carbonyl (C=O) groups is 3. The molecule has 3 aliphatic heterocycles. The van der Waals surface area contributed by atoms with Crippen molar-refractivity contribution in [3.63, 3.8) is 0 Å². The zero-order valence-corrected chi connectivity index (χ0v) is 21.6. The largest absolute Gasteiger partial charge is 0.496 e. The summed E-state index contributed by atoms with van der Waals surface area (Å²) < 4.78 is 5.87. The molecular formula is C28H20BrN3O6. The number of anilines is 1. The van der Waals surface area contributed by atoms with Gasteiger partial charge in [0.2, 0.25) is 11.8 Å². The molecule has 10 heteroatoms. The van der Waals surface area contributed by atoms with Gasteiger partial charge < -0.3 is 9.64 Å². The molecule has 190 valence electrons. The molecule has 6 rings (SSSR count). The molecule has 0 radical (unpaired) electrons. The van der Waals surface area contributed by atoms with E-state index in [2.05, 4.69) is 15.9 Å². The summed E-state index contributed by atoms with van der Waals surface area (Å²) in [6.07, 6.45) is 3.66. The van der Waals surface area contributed by atoms with Gasteiger partial charge >= 0.3 is 0 Å². The molecule has 2 saturated heterocycles. The van der Waals surface area contributed by atoms with Gasteiger partial charge in [-0.15, -0.1) is 0 Å². The van der Waals surface area contributed by atoms with Gasteiger partial charge in [-0.1, -0.05) is 30.3 Å². The molecule has 3 aromatic carbocycles. The van der Waals surface area contributed by atoms with Crippen LogP contribution in [0, 0.1) is 22.0 Å². The lowest BCUT2D eigenvalue weighted by Crippen LogP contribution is -2.44. The maximum atomic E-state index is 14.0. The Kier molecular flexibility index (Phi) is 5.64. The van der Waals surface area contributed by atoms with Crippen molar-refractivity contribution in [2.45, 2.75) is 12.1 Å². The van der Waals surface area contributed by atoms with E-state index in [0.29, 0.717) is 15.8 Å². The summed E-state index contributed by atoms with van der Waals surface area (Å²) in [5.74, 6) is -2.60.